The molecule has 3 N–H and O–H groups in total. The maximum absolute atomic E-state index is 10.6. The van der Waals surface area contributed by atoms with Crippen molar-refractivity contribution in [2.45, 2.75) is 38.6 Å². The Kier molecular flexibility index (Phi) is 4.90. The number of aromatic hydroxyl groups is 1. The van der Waals surface area contributed by atoms with Crippen LogP contribution in [0.3, 0.4) is 0 Å². The van der Waals surface area contributed by atoms with Gasteiger partial charge in [0, 0.05) is 23.7 Å². The molecule has 0 saturated carbocycles. The molecule has 0 spiro atoms. The van der Waals surface area contributed by atoms with Gasteiger partial charge in [-0.3, -0.25) is 10.1 Å². The second-order valence-corrected chi connectivity index (χ2v) is 4.10. The first-order valence-corrected chi connectivity index (χ1v) is 5.79. The van der Waals surface area contributed by atoms with Gasteiger partial charge in [-0.25, -0.2) is 0 Å². The van der Waals surface area contributed by atoms with Gasteiger partial charge in [-0.1, -0.05) is 26.2 Å². The molecule has 0 aliphatic rings. The first-order valence-electron chi connectivity index (χ1n) is 5.79. The third kappa shape index (κ3) is 3.71. The summed E-state index contributed by atoms with van der Waals surface area (Å²) in [6.07, 6.45) is 3.85. The Balaban J connectivity index is 2.80. The number of hydrogen-bond acceptors (Lipinski definition) is 4. The molecule has 0 amide bonds. The Labute approximate surface area is 100 Å². The quantitative estimate of drug-likeness (QED) is 0.453. The van der Waals surface area contributed by atoms with E-state index in [2.05, 4.69) is 6.92 Å². The number of non-ortho nitro benzene ring substituents is 1. The highest BCUT2D eigenvalue weighted by Crippen LogP contribution is 2.29. The minimum absolute atomic E-state index is 0.0274. The van der Waals surface area contributed by atoms with Crippen molar-refractivity contribution in [1.82, 2.24) is 0 Å². The molecule has 5 nitrogen and oxygen atoms in total. The van der Waals surface area contributed by atoms with Crippen LogP contribution in [0.25, 0.3) is 0 Å². The van der Waals surface area contributed by atoms with Crippen molar-refractivity contribution >= 4 is 5.69 Å². The Morgan fingerprint density at radius 3 is 2.76 bits per heavy atom. The molecule has 0 radical (unpaired) electrons. The lowest BCUT2D eigenvalue weighted by Gasteiger charge is -2.13. The molecule has 0 aliphatic heterocycles. The molecule has 0 aliphatic carbocycles. The van der Waals surface area contributed by atoms with Crippen LogP contribution in [0.1, 0.15) is 44.2 Å². The van der Waals surface area contributed by atoms with Crippen LogP contribution in [0.15, 0.2) is 18.2 Å². The van der Waals surface area contributed by atoms with Crippen molar-refractivity contribution in [3.63, 3.8) is 0 Å². The summed E-state index contributed by atoms with van der Waals surface area (Å²) >= 11 is 0. The molecule has 1 aromatic carbocycles. The van der Waals surface area contributed by atoms with Gasteiger partial charge in [0.1, 0.15) is 5.75 Å². The third-order valence-electron chi connectivity index (χ3n) is 2.74. The molecule has 5 heteroatoms. The minimum atomic E-state index is -0.484. The fourth-order valence-electron chi connectivity index (χ4n) is 1.72. The number of phenolic OH excluding ortho intramolecular Hbond substituents is 1. The lowest BCUT2D eigenvalue weighted by atomic mass is 10.00. The maximum Gasteiger partial charge on any atom is 0.270 e. The van der Waals surface area contributed by atoms with Crippen LogP contribution >= 0.6 is 0 Å². The molecular formula is C12H18N2O3. The van der Waals surface area contributed by atoms with Crippen LogP contribution in [0, 0.1) is 10.1 Å². The molecule has 0 heterocycles. The van der Waals surface area contributed by atoms with Crippen molar-refractivity contribution in [1.29, 1.82) is 0 Å². The lowest BCUT2D eigenvalue weighted by Crippen LogP contribution is -2.10. The Morgan fingerprint density at radius 2 is 2.18 bits per heavy atom. The molecule has 0 aromatic heterocycles. The Hall–Kier alpha value is -1.62. The normalized spacial score (nSPS) is 12.4. The van der Waals surface area contributed by atoms with Crippen molar-refractivity contribution < 1.29 is 10.0 Å². The SMILES string of the molecule is CCCCC[C@H](N)c1cc([N+](=O)[O-])ccc1O. The predicted molar refractivity (Wildman–Crippen MR) is 65.8 cm³/mol. The number of nitrogens with zero attached hydrogens (tertiary/aromatic N) is 1. The summed E-state index contributed by atoms with van der Waals surface area (Å²) in [4.78, 5) is 10.1. The van der Waals surface area contributed by atoms with Crippen molar-refractivity contribution in [2.75, 3.05) is 0 Å². The van der Waals surface area contributed by atoms with Crippen molar-refractivity contribution in [3.8, 4) is 5.75 Å². The fraction of sp³-hybridized carbons (Fsp3) is 0.500. The summed E-state index contributed by atoms with van der Waals surface area (Å²) in [5.41, 5.74) is 6.34. The van der Waals surface area contributed by atoms with E-state index in [-0.39, 0.29) is 17.5 Å². The number of unbranched alkanes of at least 4 members (excludes halogenated alkanes) is 2. The van der Waals surface area contributed by atoms with Gasteiger partial charge in [-0.2, -0.15) is 0 Å². The molecule has 17 heavy (non-hydrogen) atoms. The van der Waals surface area contributed by atoms with Gasteiger partial charge in [0.05, 0.1) is 4.92 Å². The Morgan fingerprint density at radius 1 is 1.47 bits per heavy atom. The molecule has 0 bridgehead atoms. The highest BCUT2D eigenvalue weighted by atomic mass is 16.6. The van der Waals surface area contributed by atoms with E-state index in [1.165, 1.54) is 18.2 Å². The van der Waals surface area contributed by atoms with E-state index in [0.29, 0.717) is 5.56 Å². The molecule has 0 unspecified atom stereocenters. The number of nitrogens with two attached hydrogens (primary N) is 1. The van der Waals surface area contributed by atoms with Gasteiger partial charge >= 0.3 is 0 Å². The zero-order chi connectivity index (χ0) is 12.8. The summed E-state index contributed by atoms with van der Waals surface area (Å²) in [5, 5.41) is 20.3. The predicted octanol–water partition coefficient (Wildman–Crippen LogP) is 2.88. The Bertz CT molecular complexity index is 393. The topological polar surface area (TPSA) is 89.4 Å². The monoisotopic (exact) mass is 238 g/mol. The number of nitro benzene ring substituents is 1. The molecule has 1 rings (SSSR count). The average Bonchev–Trinajstić information content (AvgIpc) is 2.29. The van der Waals surface area contributed by atoms with Gasteiger partial charge in [-0.05, 0) is 12.5 Å². The van der Waals surface area contributed by atoms with E-state index >= 15 is 0 Å². The molecule has 1 aromatic rings. The van der Waals surface area contributed by atoms with Crippen molar-refractivity contribution in [2.24, 2.45) is 5.73 Å². The largest absolute Gasteiger partial charge is 0.508 e. The summed E-state index contributed by atoms with van der Waals surface area (Å²) in [5.74, 6) is 0.0274. The van der Waals surface area contributed by atoms with Crippen LogP contribution in [0.2, 0.25) is 0 Å². The second-order valence-electron chi connectivity index (χ2n) is 4.10. The van der Waals surface area contributed by atoms with E-state index in [1.807, 2.05) is 0 Å². The lowest BCUT2D eigenvalue weighted by molar-refractivity contribution is -0.385. The van der Waals surface area contributed by atoms with Crippen LogP contribution in [0.4, 0.5) is 5.69 Å². The summed E-state index contributed by atoms with van der Waals surface area (Å²) in [7, 11) is 0. The highest BCUT2D eigenvalue weighted by Gasteiger charge is 2.15. The second kappa shape index (κ2) is 6.20. The molecule has 0 fully saturated rings. The fourth-order valence-corrected chi connectivity index (χ4v) is 1.72. The zero-order valence-electron chi connectivity index (χ0n) is 9.93. The van der Waals surface area contributed by atoms with E-state index < -0.39 is 4.92 Å². The minimum Gasteiger partial charge on any atom is -0.508 e. The standard InChI is InChI=1S/C12H18N2O3/c1-2-3-4-5-11(13)10-8-9(14(16)17)6-7-12(10)15/h6-8,11,15H,2-5,13H2,1H3/t11-/m0/s1. The van der Waals surface area contributed by atoms with Crippen LogP contribution in [-0.4, -0.2) is 10.0 Å². The van der Waals surface area contributed by atoms with Crippen LogP contribution < -0.4 is 5.73 Å². The summed E-state index contributed by atoms with van der Waals surface area (Å²) < 4.78 is 0. The maximum atomic E-state index is 10.6. The smallest absolute Gasteiger partial charge is 0.270 e. The van der Waals surface area contributed by atoms with E-state index in [4.69, 9.17) is 5.73 Å². The summed E-state index contributed by atoms with van der Waals surface area (Å²) in [6, 6.07) is 3.61. The van der Waals surface area contributed by atoms with Crippen LogP contribution in [-0.2, 0) is 0 Å². The first-order chi connectivity index (χ1) is 8.06. The average molecular weight is 238 g/mol. The molecule has 1 atom stereocenters. The zero-order valence-corrected chi connectivity index (χ0v) is 9.93. The summed E-state index contributed by atoms with van der Waals surface area (Å²) in [6.45, 7) is 2.09. The molecule has 0 saturated heterocycles. The number of hydrogen-bond donors (Lipinski definition) is 2. The highest BCUT2D eigenvalue weighted by molar-refractivity contribution is 5.44. The van der Waals surface area contributed by atoms with Crippen molar-refractivity contribution in [3.05, 3.63) is 33.9 Å². The van der Waals surface area contributed by atoms with Gasteiger partial charge in [0.2, 0.25) is 0 Å². The van der Waals surface area contributed by atoms with Crippen LogP contribution in [0.5, 0.6) is 5.75 Å². The van der Waals surface area contributed by atoms with Gasteiger partial charge in [0.25, 0.3) is 5.69 Å². The van der Waals surface area contributed by atoms with Gasteiger partial charge < -0.3 is 10.8 Å². The molecule has 94 valence electrons. The number of nitro groups is 1. The van der Waals surface area contributed by atoms with Gasteiger partial charge in [-0.15, -0.1) is 0 Å². The van der Waals surface area contributed by atoms with E-state index in [1.54, 1.807) is 0 Å². The number of rotatable bonds is 6. The molecular weight excluding hydrogens is 220 g/mol. The van der Waals surface area contributed by atoms with E-state index in [0.717, 1.165) is 25.7 Å². The number of phenols is 1. The third-order valence-corrected chi connectivity index (χ3v) is 2.74. The van der Waals surface area contributed by atoms with Gasteiger partial charge in [0.15, 0.2) is 0 Å². The number of benzene rings is 1. The van der Waals surface area contributed by atoms with E-state index in [9.17, 15) is 15.2 Å². The first kappa shape index (κ1) is 13.4.